The fraction of sp³-hybridized carbons (Fsp3) is 0.250. The molecule has 4 aromatic rings. The number of nitrogens with zero attached hydrogens (tertiary/aromatic N) is 2. The standard InChI is InChI=1S/C32H34N4O7S/c1-20-11-9-12-21(2)28(20)25-18-27(35-30(34-25)36-44(40,41)24-16-10-15-23(17-24)29(37)38)42-26(22-13-7-6-8-14-22)19-33-31(39)43-32(3,4)5/h6-18,26H,19H2,1-5H3,(H,33,39)(H,37,38)(H,34,35,36). The Bertz CT molecular complexity index is 1750. The number of carboxylic acid groups (broad SMARTS) is 1. The number of amides is 1. The number of rotatable bonds is 10. The van der Waals surface area contributed by atoms with Gasteiger partial charge in [-0.2, -0.15) is 4.98 Å². The number of carbonyl (C=O) groups excluding carboxylic acids is 1. The molecule has 0 bridgehead atoms. The van der Waals surface area contributed by atoms with Crippen LogP contribution in [0.2, 0.25) is 0 Å². The number of sulfonamides is 1. The normalized spacial score (nSPS) is 12.2. The molecule has 3 aromatic carbocycles. The number of carboxylic acids is 1. The summed E-state index contributed by atoms with van der Waals surface area (Å²) < 4.78 is 40.7. The summed E-state index contributed by atoms with van der Waals surface area (Å²) in [6, 6.07) is 21.4. The van der Waals surface area contributed by atoms with Crippen molar-refractivity contribution in [2.75, 3.05) is 11.3 Å². The molecule has 0 aliphatic carbocycles. The van der Waals surface area contributed by atoms with E-state index in [1.807, 2.05) is 62.4 Å². The maximum absolute atomic E-state index is 13.3. The van der Waals surface area contributed by atoms with Crippen LogP contribution in [0.15, 0.2) is 83.8 Å². The average Bonchev–Trinajstić information content (AvgIpc) is 2.94. The number of anilines is 1. The number of carbonyl (C=O) groups is 2. The fourth-order valence-electron chi connectivity index (χ4n) is 4.38. The number of hydrogen-bond acceptors (Lipinski definition) is 8. The molecule has 0 aliphatic rings. The minimum Gasteiger partial charge on any atom is -0.478 e. The molecule has 1 unspecified atom stereocenters. The number of benzene rings is 3. The highest BCUT2D eigenvalue weighted by Crippen LogP contribution is 2.31. The monoisotopic (exact) mass is 618 g/mol. The zero-order valence-electron chi connectivity index (χ0n) is 25.0. The van der Waals surface area contributed by atoms with Crippen molar-refractivity contribution in [1.82, 2.24) is 15.3 Å². The maximum atomic E-state index is 13.3. The predicted octanol–water partition coefficient (Wildman–Crippen LogP) is 5.90. The topological polar surface area (TPSA) is 157 Å². The molecule has 4 rings (SSSR count). The Kier molecular flexibility index (Phi) is 9.53. The van der Waals surface area contributed by atoms with Gasteiger partial charge in [0.25, 0.3) is 10.0 Å². The summed E-state index contributed by atoms with van der Waals surface area (Å²) >= 11 is 0. The molecule has 1 amide bonds. The summed E-state index contributed by atoms with van der Waals surface area (Å²) in [6.07, 6.45) is -1.36. The summed E-state index contributed by atoms with van der Waals surface area (Å²) in [5.74, 6) is -1.51. The first kappa shape index (κ1) is 32.0. The molecule has 0 saturated carbocycles. The summed E-state index contributed by atoms with van der Waals surface area (Å²) in [5.41, 5.74) is 2.78. The van der Waals surface area contributed by atoms with Crippen molar-refractivity contribution in [2.45, 2.75) is 51.2 Å². The molecule has 44 heavy (non-hydrogen) atoms. The number of aromatic nitrogens is 2. The van der Waals surface area contributed by atoms with Gasteiger partial charge in [-0.25, -0.2) is 27.7 Å². The zero-order chi connectivity index (χ0) is 32.1. The first-order chi connectivity index (χ1) is 20.7. The quantitative estimate of drug-likeness (QED) is 0.197. The van der Waals surface area contributed by atoms with Crippen molar-refractivity contribution in [3.8, 4) is 17.1 Å². The van der Waals surface area contributed by atoms with Crippen LogP contribution in [-0.2, 0) is 14.8 Å². The third-order valence-electron chi connectivity index (χ3n) is 6.32. The van der Waals surface area contributed by atoms with Gasteiger partial charge in [0.15, 0.2) is 0 Å². The van der Waals surface area contributed by atoms with Crippen molar-refractivity contribution in [1.29, 1.82) is 0 Å². The van der Waals surface area contributed by atoms with Crippen molar-refractivity contribution < 1.29 is 32.6 Å². The lowest BCUT2D eigenvalue weighted by Gasteiger charge is -2.23. The number of alkyl carbamates (subject to hydrolysis) is 1. The molecule has 1 aromatic heterocycles. The van der Waals surface area contributed by atoms with Crippen molar-refractivity contribution in [3.05, 3.63) is 101 Å². The number of aromatic carboxylic acids is 1. The van der Waals surface area contributed by atoms with Gasteiger partial charge in [-0.05, 0) is 69.5 Å². The van der Waals surface area contributed by atoms with E-state index in [1.165, 1.54) is 18.2 Å². The molecule has 1 atom stereocenters. The van der Waals surface area contributed by atoms with Crippen molar-refractivity contribution >= 4 is 28.0 Å². The van der Waals surface area contributed by atoms with E-state index in [1.54, 1.807) is 26.8 Å². The van der Waals surface area contributed by atoms with Crippen LogP contribution in [0, 0.1) is 13.8 Å². The van der Waals surface area contributed by atoms with Crippen molar-refractivity contribution in [3.63, 3.8) is 0 Å². The Hall–Kier alpha value is -4.97. The lowest BCUT2D eigenvalue weighted by atomic mass is 10.00. The Morgan fingerprint density at radius 3 is 2.20 bits per heavy atom. The summed E-state index contributed by atoms with van der Waals surface area (Å²) in [5, 5.41) is 12.1. The van der Waals surface area contributed by atoms with Gasteiger partial charge in [0, 0.05) is 11.6 Å². The highest BCUT2D eigenvalue weighted by Gasteiger charge is 2.23. The van der Waals surface area contributed by atoms with Gasteiger partial charge in [-0.1, -0.05) is 54.6 Å². The summed E-state index contributed by atoms with van der Waals surface area (Å²) in [4.78, 5) is 32.5. The van der Waals surface area contributed by atoms with Crippen LogP contribution in [0.25, 0.3) is 11.3 Å². The molecule has 0 fully saturated rings. The second-order valence-electron chi connectivity index (χ2n) is 11.0. The summed E-state index contributed by atoms with van der Waals surface area (Å²) in [6.45, 7) is 9.11. The van der Waals surface area contributed by atoms with Crippen LogP contribution >= 0.6 is 0 Å². The molecule has 12 heteroatoms. The number of ether oxygens (including phenoxy) is 2. The van der Waals surface area contributed by atoms with E-state index in [9.17, 15) is 23.1 Å². The third kappa shape index (κ3) is 8.32. The lowest BCUT2D eigenvalue weighted by Crippen LogP contribution is -2.36. The highest BCUT2D eigenvalue weighted by atomic mass is 32.2. The van der Waals surface area contributed by atoms with Crippen LogP contribution in [0.4, 0.5) is 10.7 Å². The molecule has 0 radical (unpaired) electrons. The second kappa shape index (κ2) is 13.1. The highest BCUT2D eigenvalue weighted by molar-refractivity contribution is 7.92. The molecule has 3 N–H and O–H groups in total. The van der Waals surface area contributed by atoms with Gasteiger partial charge in [0.2, 0.25) is 11.8 Å². The van der Waals surface area contributed by atoms with Gasteiger partial charge < -0.3 is 19.9 Å². The number of nitrogens with one attached hydrogen (secondary N) is 2. The third-order valence-corrected chi connectivity index (χ3v) is 7.65. The van der Waals surface area contributed by atoms with Crippen LogP contribution in [0.1, 0.15) is 53.9 Å². The Morgan fingerprint density at radius 2 is 1.57 bits per heavy atom. The minimum absolute atomic E-state index is 0.0185. The van der Waals surface area contributed by atoms with E-state index in [4.69, 9.17) is 9.47 Å². The van der Waals surface area contributed by atoms with Gasteiger partial charge in [0.05, 0.1) is 22.7 Å². The summed E-state index contributed by atoms with van der Waals surface area (Å²) in [7, 11) is -4.29. The Balaban J connectivity index is 1.75. The maximum Gasteiger partial charge on any atom is 0.407 e. The Morgan fingerprint density at radius 1 is 0.909 bits per heavy atom. The largest absolute Gasteiger partial charge is 0.478 e. The van der Waals surface area contributed by atoms with Gasteiger partial charge >= 0.3 is 12.1 Å². The zero-order valence-corrected chi connectivity index (χ0v) is 25.8. The molecule has 230 valence electrons. The van der Waals surface area contributed by atoms with Gasteiger partial charge in [-0.15, -0.1) is 0 Å². The molecule has 0 aliphatic heterocycles. The van der Waals surface area contributed by atoms with Crippen LogP contribution in [0.5, 0.6) is 5.88 Å². The molecule has 1 heterocycles. The first-order valence-corrected chi connectivity index (χ1v) is 15.2. The second-order valence-corrected chi connectivity index (χ2v) is 12.7. The van der Waals surface area contributed by atoms with Crippen LogP contribution < -0.4 is 14.8 Å². The number of aryl methyl sites for hydroxylation is 2. The van der Waals surface area contributed by atoms with E-state index >= 15 is 0 Å². The SMILES string of the molecule is Cc1cccc(C)c1-c1cc(OC(CNC(=O)OC(C)(C)C)c2ccccc2)nc(NS(=O)(=O)c2cccc(C(=O)O)c2)n1. The Labute approximate surface area is 256 Å². The van der Waals surface area contributed by atoms with Crippen LogP contribution in [0.3, 0.4) is 0 Å². The number of hydrogen-bond donors (Lipinski definition) is 3. The molecular weight excluding hydrogens is 584 g/mol. The van der Waals surface area contributed by atoms with Crippen LogP contribution in [-0.4, -0.2) is 47.7 Å². The molecule has 0 spiro atoms. The van der Waals surface area contributed by atoms with E-state index in [2.05, 4.69) is 20.0 Å². The smallest absolute Gasteiger partial charge is 0.407 e. The average molecular weight is 619 g/mol. The predicted molar refractivity (Wildman–Crippen MR) is 165 cm³/mol. The van der Waals surface area contributed by atoms with E-state index in [-0.39, 0.29) is 28.8 Å². The lowest BCUT2D eigenvalue weighted by molar-refractivity contribution is 0.0498. The van der Waals surface area contributed by atoms with E-state index < -0.39 is 33.8 Å². The van der Waals surface area contributed by atoms with Gasteiger partial charge in [-0.3, -0.25) is 0 Å². The fourth-order valence-corrected chi connectivity index (χ4v) is 5.37. The molecular formula is C32H34N4O7S. The van der Waals surface area contributed by atoms with E-state index in [0.29, 0.717) is 5.69 Å². The van der Waals surface area contributed by atoms with Gasteiger partial charge in [0.1, 0.15) is 11.7 Å². The van der Waals surface area contributed by atoms with Crippen molar-refractivity contribution in [2.24, 2.45) is 0 Å². The molecule has 0 saturated heterocycles. The van der Waals surface area contributed by atoms with E-state index in [0.717, 1.165) is 28.3 Å². The minimum atomic E-state index is -4.29. The first-order valence-electron chi connectivity index (χ1n) is 13.7. The molecule has 11 nitrogen and oxygen atoms in total.